The molecule has 1 fully saturated rings. The molecule has 0 amide bonds. The van der Waals surface area contributed by atoms with Gasteiger partial charge in [-0.05, 0) is 55.8 Å². The normalized spacial score (nSPS) is 38.3. The Morgan fingerprint density at radius 1 is 1.29 bits per heavy atom. The molecule has 2 aliphatic rings. The number of hydrogen-bond donors (Lipinski definition) is 0. The standard InChI is InChI=1S/C15H28OSi/c1-12-7-6-8-13-11-14(16-17(3,4)5)9-10-15(12,13)2/h9,12-13H,6-8,10-11H2,1-5H3/t12-,13+,15+/m1/s1. The third-order valence-corrected chi connectivity index (χ3v) is 5.78. The second-order valence-corrected chi connectivity index (χ2v) is 11.8. The van der Waals surface area contributed by atoms with E-state index in [1.54, 1.807) is 0 Å². The molecule has 0 aromatic heterocycles. The van der Waals surface area contributed by atoms with Gasteiger partial charge in [0.2, 0.25) is 8.32 Å². The molecule has 1 nitrogen and oxygen atoms in total. The molecule has 0 saturated heterocycles. The fourth-order valence-corrected chi connectivity index (χ4v) is 4.53. The van der Waals surface area contributed by atoms with Gasteiger partial charge in [0, 0.05) is 6.42 Å². The molecule has 0 aliphatic heterocycles. The predicted octanol–water partition coefficient (Wildman–Crippen LogP) is 4.96. The van der Waals surface area contributed by atoms with Crippen LogP contribution in [0.15, 0.2) is 11.8 Å². The zero-order chi connectivity index (χ0) is 12.7. The maximum absolute atomic E-state index is 6.21. The highest BCUT2D eigenvalue weighted by atomic mass is 28.4. The van der Waals surface area contributed by atoms with Crippen molar-refractivity contribution >= 4 is 8.32 Å². The van der Waals surface area contributed by atoms with Crippen molar-refractivity contribution in [3.05, 3.63) is 11.8 Å². The third-order valence-electron chi connectivity index (χ3n) is 4.90. The van der Waals surface area contributed by atoms with E-state index < -0.39 is 8.32 Å². The van der Waals surface area contributed by atoms with Crippen molar-refractivity contribution in [3.63, 3.8) is 0 Å². The van der Waals surface area contributed by atoms with E-state index in [-0.39, 0.29) is 0 Å². The van der Waals surface area contributed by atoms with Gasteiger partial charge in [0.05, 0.1) is 5.76 Å². The first-order valence-electron chi connectivity index (χ1n) is 7.19. The minimum atomic E-state index is -1.41. The van der Waals surface area contributed by atoms with Crippen LogP contribution < -0.4 is 0 Å². The maximum atomic E-state index is 6.21. The molecule has 0 aromatic carbocycles. The van der Waals surface area contributed by atoms with Crippen molar-refractivity contribution in [2.75, 3.05) is 0 Å². The van der Waals surface area contributed by atoms with Crippen LogP contribution in [0, 0.1) is 17.3 Å². The molecule has 2 rings (SSSR count). The minimum Gasteiger partial charge on any atom is -0.548 e. The van der Waals surface area contributed by atoms with Crippen LogP contribution in [0.2, 0.25) is 19.6 Å². The largest absolute Gasteiger partial charge is 0.548 e. The van der Waals surface area contributed by atoms with Gasteiger partial charge in [0.15, 0.2) is 0 Å². The van der Waals surface area contributed by atoms with E-state index in [9.17, 15) is 0 Å². The average Bonchev–Trinajstić information content (AvgIpc) is 2.19. The molecule has 3 atom stereocenters. The van der Waals surface area contributed by atoms with Crippen molar-refractivity contribution in [3.8, 4) is 0 Å². The highest BCUT2D eigenvalue weighted by Crippen LogP contribution is 2.52. The molecule has 98 valence electrons. The third kappa shape index (κ3) is 2.78. The van der Waals surface area contributed by atoms with Crippen LogP contribution in [0.4, 0.5) is 0 Å². The first-order chi connectivity index (χ1) is 7.81. The summed E-state index contributed by atoms with van der Waals surface area (Å²) in [6.45, 7) is 11.8. The van der Waals surface area contributed by atoms with E-state index in [1.165, 1.54) is 37.9 Å². The van der Waals surface area contributed by atoms with Gasteiger partial charge < -0.3 is 4.43 Å². The molecule has 0 heterocycles. The van der Waals surface area contributed by atoms with E-state index in [2.05, 4.69) is 39.6 Å². The quantitative estimate of drug-likeness (QED) is 0.631. The Labute approximate surface area is 108 Å². The monoisotopic (exact) mass is 252 g/mol. The van der Waals surface area contributed by atoms with E-state index in [0.29, 0.717) is 5.41 Å². The lowest BCUT2D eigenvalue weighted by Gasteiger charge is -2.49. The molecule has 0 radical (unpaired) electrons. The lowest BCUT2D eigenvalue weighted by Crippen LogP contribution is -2.40. The van der Waals surface area contributed by atoms with Crippen molar-refractivity contribution in [2.24, 2.45) is 17.3 Å². The summed E-state index contributed by atoms with van der Waals surface area (Å²) in [5.74, 6) is 3.05. The Kier molecular flexibility index (Phi) is 3.46. The van der Waals surface area contributed by atoms with Gasteiger partial charge in [0.1, 0.15) is 0 Å². The first-order valence-corrected chi connectivity index (χ1v) is 10.6. The molecule has 0 bridgehead atoms. The molecular formula is C15H28OSi. The zero-order valence-corrected chi connectivity index (χ0v) is 13.2. The van der Waals surface area contributed by atoms with Gasteiger partial charge in [-0.3, -0.25) is 0 Å². The number of rotatable bonds is 2. The molecule has 2 aliphatic carbocycles. The highest BCUT2D eigenvalue weighted by Gasteiger charge is 2.43. The summed E-state index contributed by atoms with van der Waals surface area (Å²) in [5.41, 5.74) is 0.546. The van der Waals surface area contributed by atoms with Crippen molar-refractivity contribution < 1.29 is 4.43 Å². The van der Waals surface area contributed by atoms with Crippen LogP contribution in [-0.4, -0.2) is 8.32 Å². The van der Waals surface area contributed by atoms with E-state index in [0.717, 1.165) is 11.8 Å². The van der Waals surface area contributed by atoms with Crippen LogP contribution in [0.3, 0.4) is 0 Å². The van der Waals surface area contributed by atoms with E-state index in [1.807, 2.05) is 0 Å². The Bertz CT molecular complexity index is 315. The summed E-state index contributed by atoms with van der Waals surface area (Å²) in [5, 5.41) is 0. The molecule has 1 saturated carbocycles. The molecule has 17 heavy (non-hydrogen) atoms. The summed E-state index contributed by atoms with van der Waals surface area (Å²) in [4.78, 5) is 0. The molecule has 0 spiro atoms. The molecule has 0 aromatic rings. The maximum Gasteiger partial charge on any atom is 0.241 e. The number of fused-ring (bicyclic) bond motifs is 1. The molecule has 0 N–H and O–H groups in total. The van der Waals surface area contributed by atoms with Gasteiger partial charge in [-0.25, -0.2) is 0 Å². The Morgan fingerprint density at radius 3 is 2.65 bits per heavy atom. The zero-order valence-electron chi connectivity index (χ0n) is 12.2. The smallest absolute Gasteiger partial charge is 0.241 e. The van der Waals surface area contributed by atoms with Crippen LogP contribution in [0.1, 0.15) is 46.0 Å². The van der Waals surface area contributed by atoms with E-state index >= 15 is 0 Å². The summed E-state index contributed by atoms with van der Waals surface area (Å²) in [6, 6.07) is 0. The van der Waals surface area contributed by atoms with Crippen LogP contribution in [0.25, 0.3) is 0 Å². The van der Waals surface area contributed by atoms with Gasteiger partial charge in [0.25, 0.3) is 0 Å². The van der Waals surface area contributed by atoms with Gasteiger partial charge in [-0.1, -0.05) is 26.7 Å². The predicted molar refractivity (Wildman–Crippen MR) is 76.4 cm³/mol. The topological polar surface area (TPSA) is 9.23 Å². The van der Waals surface area contributed by atoms with Crippen molar-refractivity contribution in [1.82, 2.24) is 0 Å². The van der Waals surface area contributed by atoms with Crippen molar-refractivity contribution in [2.45, 2.75) is 65.6 Å². The Balaban J connectivity index is 2.10. The summed E-state index contributed by atoms with van der Waals surface area (Å²) < 4.78 is 6.21. The summed E-state index contributed by atoms with van der Waals surface area (Å²) >= 11 is 0. The minimum absolute atomic E-state index is 0.546. The highest BCUT2D eigenvalue weighted by molar-refractivity contribution is 6.70. The Hall–Kier alpha value is -0.243. The second kappa shape index (κ2) is 4.45. The molecule has 0 unspecified atom stereocenters. The SMILES string of the molecule is C[C@@H]1CCC[C@H]2CC(O[Si](C)(C)C)=CC[C@]21C. The van der Waals surface area contributed by atoms with Crippen molar-refractivity contribution in [1.29, 1.82) is 0 Å². The van der Waals surface area contributed by atoms with E-state index in [4.69, 9.17) is 4.43 Å². The first kappa shape index (κ1) is 13.2. The Morgan fingerprint density at radius 2 is 2.00 bits per heavy atom. The van der Waals surface area contributed by atoms with Crippen LogP contribution >= 0.6 is 0 Å². The molecular weight excluding hydrogens is 224 g/mol. The van der Waals surface area contributed by atoms with Crippen LogP contribution in [-0.2, 0) is 4.43 Å². The lowest BCUT2D eigenvalue weighted by atomic mass is 9.57. The summed E-state index contributed by atoms with van der Waals surface area (Å²) in [6.07, 6.45) is 9.08. The van der Waals surface area contributed by atoms with Gasteiger partial charge in [-0.15, -0.1) is 0 Å². The average molecular weight is 252 g/mol. The fourth-order valence-electron chi connectivity index (χ4n) is 3.57. The number of allylic oxidation sites excluding steroid dienone is 2. The van der Waals surface area contributed by atoms with Gasteiger partial charge in [-0.2, -0.15) is 0 Å². The van der Waals surface area contributed by atoms with Gasteiger partial charge >= 0.3 is 0 Å². The lowest BCUT2D eigenvalue weighted by molar-refractivity contribution is 0.0370. The second-order valence-electron chi connectivity index (χ2n) is 7.33. The fraction of sp³-hybridized carbons (Fsp3) is 0.867. The number of hydrogen-bond acceptors (Lipinski definition) is 1. The summed E-state index contributed by atoms with van der Waals surface area (Å²) in [7, 11) is -1.41. The molecule has 2 heteroatoms. The van der Waals surface area contributed by atoms with Crippen LogP contribution in [0.5, 0.6) is 0 Å².